The molecule has 2 aromatic rings. The number of hydrogen-bond acceptors (Lipinski definition) is 3. The predicted molar refractivity (Wildman–Crippen MR) is 74.4 cm³/mol. The van der Waals surface area contributed by atoms with Gasteiger partial charge in [-0.05, 0) is 42.3 Å². The molecule has 0 radical (unpaired) electrons. The average Bonchev–Trinajstić information content (AvgIpc) is 2.46. The summed E-state index contributed by atoms with van der Waals surface area (Å²) in [7, 11) is 0. The minimum Gasteiger partial charge on any atom is -0.380 e. The molecule has 0 aromatic heterocycles. The van der Waals surface area contributed by atoms with Crippen LogP contribution in [0.25, 0.3) is 0 Å². The fourth-order valence-corrected chi connectivity index (χ4v) is 1.85. The SMILES string of the molecule is Cc1ccc(NCc2cccc(C#N)c2)c(C#N)c1. The summed E-state index contributed by atoms with van der Waals surface area (Å²) in [6.45, 7) is 2.55. The highest BCUT2D eigenvalue weighted by molar-refractivity contribution is 5.58. The number of rotatable bonds is 3. The molecule has 0 atom stereocenters. The molecule has 0 aliphatic carbocycles. The van der Waals surface area contributed by atoms with Crippen LogP contribution in [0.15, 0.2) is 42.5 Å². The minimum absolute atomic E-state index is 0.591. The minimum atomic E-state index is 0.591. The van der Waals surface area contributed by atoms with Gasteiger partial charge in [0.05, 0.1) is 22.9 Å². The Morgan fingerprint density at radius 1 is 1.05 bits per heavy atom. The van der Waals surface area contributed by atoms with Crippen LogP contribution in [-0.2, 0) is 6.54 Å². The Morgan fingerprint density at radius 3 is 2.63 bits per heavy atom. The number of nitriles is 2. The molecule has 19 heavy (non-hydrogen) atoms. The van der Waals surface area contributed by atoms with Crippen molar-refractivity contribution >= 4 is 5.69 Å². The highest BCUT2D eigenvalue weighted by Gasteiger charge is 2.02. The first-order valence-electron chi connectivity index (χ1n) is 5.96. The van der Waals surface area contributed by atoms with E-state index in [1.165, 1.54) is 0 Å². The van der Waals surface area contributed by atoms with Crippen molar-refractivity contribution in [3.63, 3.8) is 0 Å². The van der Waals surface area contributed by atoms with Crippen molar-refractivity contribution in [3.8, 4) is 12.1 Å². The summed E-state index contributed by atoms with van der Waals surface area (Å²) in [5, 5.41) is 21.2. The molecular formula is C16H13N3. The lowest BCUT2D eigenvalue weighted by atomic mass is 10.1. The van der Waals surface area contributed by atoms with Gasteiger partial charge in [-0.1, -0.05) is 18.2 Å². The average molecular weight is 247 g/mol. The van der Waals surface area contributed by atoms with Gasteiger partial charge in [0.1, 0.15) is 6.07 Å². The van der Waals surface area contributed by atoms with Gasteiger partial charge in [0.2, 0.25) is 0 Å². The molecule has 0 saturated heterocycles. The van der Waals surface area contributed by atoms with E-state index in [0.717, 1.165) is 16.8 Å². The maximum atomic E-state index is 9.09. The summed E-state index contributed by atoms with van der Waals surface area (Å²) in [6, 6.07) is 17.4. The van der Waals surface area contributed by atoms with E-state index < -0.39 is 0 Å². The van der Waals surface area contributed by atoms with Crippen molar-refractivity contribution in [2.45, 2.75) is 13.5 Å². The Balaban J connectivity index is 2.15. The van der Waals surface area contributed by atoms with Crippen LogP contribution in [-0.4, -0.2) is 0 Å². The fraction of sp³-hybridized carbons (Fsp3) is 0.125. The van der Waals surface area contributed by atoms with E-state index in [-0.39, 0.29) is 0 Å². The van der Waals surface area contributed by atoms with E-state index >= 15 is 0 Å². The first-order chi connectivity index (χ1) is 9.22. The lowest BCUT2D eigenvalue weighted by molar-refractivity contribution is 1.14. The van der Waals surface area contributed by atoms with E-state index in [9.17, 15) is 0 Å². The van der Waals surface area contributed by atoms with Crippen LogP contribution < -0.4 is 5.32 Å². The first kappa shape index (κ1) is 12.7. The first-order valence-corrected chi connectivity index (χ1v) is 5.96. The van der Waals surface area contributed by atoms with Gasteiger partial charge in [0.15, 0.2) is 0 Å². The Morgan fingerprint density at radius 2 is 1.89 bits per heavy atom. The molecule has 92 valence electrons. The number of aryl methyl sites for hydroxylation is 1. The zero-order valence-corrected chi connectivity index (χ0v) is 10.6. The molecule has 0 heterocycles. The molecule has 1 N–H and O–H groups in total. The van der Waals surface area contributed by atoms with E-state index in [1.54, 1.807) is 6.07 Å². The van der Waals surface area contributed by atoms with E-state index in [2.05, 4.69) is 17.5 Å². The van der Waals surface area contributed by atoms with Gasteiger partial charge in [-0.3, -0.25) is 0 Å². The topological polar surface area (TPSA) is 59.6 Å². The van der Waals surface area contributed by atoms with Gasteiger partial charge in [0, 0.05) is 6.54 Å². The summed E-state index contributed by atoms with van der Waals surface area (Å²) in [5.41, 5.74) is 4.17. The third-order valence-electron chi connectivity index (χ3n) is 2.83. The molecule has 2 rings (SSSR count). The monoisotopic (exact) mass is 247 g/mol. The molecule has 2 aromatic carbocycles. The zero-order chi connectivity index (χ0) is 13.7. The zero-order valence-electron chi connectivity index (χ0n) is 10.6. The van der Waals surface area contributed by atoms with Gasteiger partial charge in [0.25, 0.3) is 0 Å². The molecule has 3 heteroatoms. The second-order valence-corrected chi connectivity index (χ2v) is 4.33. The standard InChI is InChI=1S/C16H13N3/c1-12-5-6-16(15(7-12)10-18)19-11-14-4-2-3-13(8-14)9-17/h2-8,19H,11H2,1H3. The van der Waals surface area contributed by atoms with Crippen LogP contribution in [0, 0.1) is 29.6 Å². The molecule has 0 saturated carbocycles. The van der Waals surface area contributed by atoms with Gasteiger partial charge < -0.3 is 5.32 Å². The van der Waals surface area contributed by atoms with Crippen LogP contribution in [0.1, 0.15) is 22.3 Å². The highest BCUT2D eigenvalue weighted by Crippen LogP contribution is 2.17. The second-order valence-electron chi connectivity index (χ2n) is 4.33. The quantitative estimate of drug-likeness (QED) is 0.904. The highest BCUT2D eigenvalue weighted by atomic mass is 14.9. The number of nitrogens with zero attached hydrogens (tertiary/aromatic N) is 2. The second kappa shape index (κ2) is 5.71. The summed E-state index contributed by atoms with van der Waals surface area (Å²) < 4.78 is 0. The van der Waals surface area contributed by atoms with Crippen LogP contribution in [0.5, 0.6) is 0 Å². The lowest BCUT2D eigenvalue weighted by Crippen LogP contribution is -2.01. The third kappa shape index (κ3) is 3.12. The maximum absolute atomic E-state index is 9.09. The maximum Gasteiger partial charge on any atom is 0.101 e. The van der Waals surface area contributed by atoms with Crippen molar-refractivity contribution in [3.05, 3.63) is 64.7 Å². The summed E-state index contributed by atoms with van der Waals surface area (Å²) in [4.78, 5) is 0. The van der Waals surface area contributed by atoms with Gasteiger partial charge in [-0.2, -0.15) is 10.5 Å². The lowest BCUT2D eigenvalue weighted by Gasteiger charge is -2.09. The molecule has 0 amide bonds. The van der Waals surface area contributed by atoms with Crippen molar-refractivity contribution in [1.82, 2.24) is 0 Å². The summed E-state index contributed by atoms with van der Waals surface area (Å²) in [6.07, 6.45) is 0. The van der Waals surface area contributed by atoms with Crippen molar-refractivity contribution in [2.24, 2.45) is 0 Å². The third-order valence-corrected chi connectivity index (χ3v) is 2.83. The number of benzene rings is 2. The smallest absolute Gasteiger partial charge is 0.101 e. The van der Waals surface area contributed by atoms with Crippen LogP contribution in [0.3, 0.4) is 0 Å². The molecule has 0 aliphatic rings. The number of hydrogen-bond donors (Lipinski definition) is 1. The van der Waals surface area contributed by atoms with Gasteiger partial charge >= 0.3 is 0 Å². The molecule has 3 nitrogen and oxygen atoms in total. The summed E-state index contributed by atoms with van der Waals surface area (Å²) >= 11 is 0. The van der Waals surface area contributed by atoms with Crippen LogP contribution in [0.2, 0.25) is 0 Å². The largest absolute Gasteiger partial charge is 0.380 e. The number of nitrogens with one attached hydrogen (secondary N) is 1. The van der Waals surface area contributed by atoms with E-state index in [1.807, 2.05) is 43.3 Å². The Labute approximate surface area is 112 Å². The summed E-state index contributed by atoms with van der Waals surface area (Å²) in [5.74, 6) is 0. The Kier molecular flexibility index (Phi) is 3.81. The molecular weight excluding hydrogens is 234 g/mol. The molecule has 0 unspecified atom stereocenters. The van der Waals surface area contributed by atoms with E-state index in [4.69, 9.17) is 10.5 Å². The van der Waals surface area contributed by atoms with Crippen molar-refractivity contribution < 1.29 is 0 Å². The fourth-order valence-electron chi connectivity index (χ4n) is 1.85. The van der Waals surface area contributed by atoms with Crippen LogP contribution in [0.4, 0.5) is 5.69 Å². The van der Waals surface area contributed by atoms with Crippen molar-refractivity contribution in [2.75, 3.05) is 5.32 Å². The van der Waals surface area contributed by atoms with Crippen LogP contribution >= 0.6 is 0 Å². The number of anilines is 1. The predicted octanol–water partition coefficient (Wildman–Crippen LogP) is 3.35. The molecule has 0 spiro atoms. The van der Waals surface area contributed by atoms with Gasteiger partial charge in [-0.25, -0.2) is 0 Å². The van der Waals surface area contributed by atoms with Gasteiger partial charge in [-0.15, -0.1) is 0 Å². The Hall–Kier alpha value is -2.78. The van der Waals surface area contributed by atoms with E-state index in [0.29, 0.717) is 17.7 Å². The Bertz CT molecular complexity index is 675. The molecule has 0 fully saturated rings. The molecule has 0 aliphatic heterocycles. The normalized spacial score (nSPS) is 9.42. The van der Waals surface area contributed by atoms with Crippen molar-refractivity contribution in [1.29, 1.82) is 10.5 Å². The molecule has 0 bridgehead atoms.